The highest BCUT2D eigenvalue weighted by molar-refractivity contribution is 6.28. The van der Waals surface area contributed by atoms with Gasteiger partial charge in [0.25, 0.3) is 0 Å². The van der Waals surface area contributed by atoms with Gasteiger partial charge in [-0.15, -0.1) is 0 Å². The summed E-state index contributed by atoms with van der Waals surface area (Å²) < 4.78 is 5.34. The van der Waals surface area contributed by atoms with Crippen LogP contribution in [-0.2, 0) is 6.54 Å². The fourth-order valence-corrected chi connectivity index (χ4v) is 2.41. The van der Waals surface area contributed by atoms with Crippen LogP contribution in [0.4, 0.5) is 10.5 Å². The normalized spacial score (nSPS) is 15.8. The number of nitrogens with zero attached hydrogens (tertiary/aromatic N) is 1. The number of nitrogens with one attached hydrogen (secondary N) is 1. The van der Waals surface area contributed by atoms with E-state index < -0.39 is 0 Å². The molecule has 20 heavy (non-hydrogen) atoms. The number of urea groups is 1. The van der Waals surface area contributed by atoms with Crippen LogP contribution in [0.15, 0.2) is 34.7 Å². The fourth-order valence-electron chi connectivity index (χ4n) is 2.26. The summed E-state index contributed by atoms with van der Waals surface area (Å²) in [7, 11) is 1.75. The molecular formula is C14H14ClN3O2. The third-order valence-corrected chi connectivity index (χ3v) is 3.59. The van der Waals surface area contributed by atoms with Crippen molar-refractivity contribution in [2.24, 2.45) is 5.73 Å². The highest BCUT2D eigenvalue weighted by Crippen LogP contribution is 2.29. The van der Waals surface area contributed by atoms with Gasteiger partial charge >= 0.3 is 6.03 Å². The van der Waals surface area contributed by atoms with Crippen LogP contribution in [0.25, 0.3) is 0 Å². The lowest BCUT2D eigenvalue weighted by Crippen LogP contribution is -2.35. The summed E-state index contributed by atoms with van der Waals surface area (Å²) >= 11 is 5.77. The molecule has 5 nitrogen and oxygen atoms in total. The van der Waals surface area contributed by atoms with Gasteiger partial charge in [0.15, 0.2) is 5.22 Å². The van der Waals surface area contributed by atoms with Crippen molar-refractivity contribution in [3.8, 4) is 0 Å². The van der Waals surface area contributed by atoms with Gasteiger partial charge in [-0.3, -0.25) is 0 Å². The van der Waals surface area contributed by atoms with E-state index in [0.29, 0.717) is 17.5 Å². The van der Waals surface area contributed by atoms with Crippen molar-refractivity contribution in [1.29, 1.82) is 0 Å². The standard InChI is InChI=1S/C14H14ClN3O2/c1-18-7-9-6-8(2-3-10(9)17-14(18)19)13(16)11-4-5-12(15)20-11/h2-6,13H,7,16H2,1H3,(H,17,19). The molecule has 1 aliphatic rings. The van der Waals surface area contributed by atoms with Crippen LogP contribution in [0.2, 0.25) is 5.22 Å². The van der Waals surface area contributed by atoms with Gasteiger partial charge in [-0.1, -0.05) is 6.07 Å². The molecule has 2 heterocycles. The lowest BCUT2D eigenvalue weighted by Gasteiger charge is -2.26. The number of fused-ring (bicyclic) bond motifs is 1. The van der Waals surface area contributed by atoms with Gasteiger partial charge in [-0.2, -0.15) is 0 Å². The first-order chi connectivity index (χ1) is 9.54. The number of hydrogen-bond donors (Lipinski definition) is 2. The number of carbonyl (C=O) groups is 1. The summed E-state index contributed by atoms with van der Waals surface area (Å²) in [6, 6.07) is 8.67. The number of halogens is 1. The number of benzene rings is 1. The molecule has 1 aliphatic heterocycles. The van der Waals surface area contributed by atoms with Gasteiger partial charge in [0.05, 0.1) is 6.04 Å². The summed E-state index contributed by atoms with van der Waals surface area (Å²) in [5, 5.41) is 3.14. The van der Waals surface area contributed by atoms with Crippen LogP contribution in [-0.4, -0.2) is 18.0 Å². The Balaban J connectivity index is 1.92. The summed E-state index contributed by atoms with van der Waals surface area (Å²) in [5.41, 5.74) is 8.93. The molecule has 1 aromatic heterocycles. The number of anilines is 1. The zero-order valence-corrected chi connectivity index (χ0v) is 11.6. The van der Waals surface area contributed by atoms with Crippen molar-refractivity contribution in [2.45, 2.75) is 12.6 Å². The number of furan rings is 1. The van der Waals surface area contributed by atoms with Crippen molar-refractivity contribution >= 4 is 23.3 Å². The molecule has 6 heteroatoms. The van der Waals surface area contributed by atoms with Crippen molar-refractivity contribution < 1.29 is 9.21 Å². The summed E-state index contributed by atoms with van der Waals surface area (Å²) in [6.07, 6.45) is 0. The van der Waals surface area contributed by atoms with Crippen molar-refractivity contribution in [3.63, 3.8) is 0 Å². The largest absolute Gasteiger partial charge is 0.448 e. The van der Waals surface area contributed by atoms with Crippen LogP contribution in [0.3, 0.4) is 0 Å². The Morgan fingerprint density at radius 3 is 2.90 bits per heavy atom. The predicted molar refractivity (Wildman–Crippen MR) is 76.7 cm³/mol. The first-order valence-electron chi connectivity index (χ1n) is 6.20. The number of rotatable bonds is 2. The second kappa shape index (κ2) is 4.85. The molecule has 3 N–H and O–H groups in total. The second-order valence-electron chi connectivity index (χ2n) is 4.82. The van der Waals surface area contributed by atoms with E-state index in [0.717, 1.165) is 16.8 Å². The Kier molecular flexibility index (Phi) is 3.16. The average Bonchev–Trinajstić information content (AvgIpc) is 2.85. The molecule has 0 spiro atoms. The summed E-state index contributed by atoms with van der Waals surface area (Å²) in [4.78, 5) is 13.2. The highest BCUT2D eigenvalue weighted by Gasteiger charge is 2.21. The number of nitrogens with two attached hydrogens (primary N) is 1. The molecule has 1 atom stereocenters. The van der Waals surface area contributed by atoms with Gasteiger partial charge in [-0.05, 0) is 47.0 Å². The number of amides is 2. The molecule has 3 rings (SSSR count). The Hall–Kier alpha value is -1.98. The Labute approximate surface area is 121 Å². The van der Waals surface area contributed by atoms with Crippen LogP contribution in [0, 0.1) is 0 Å². The molecule has 0 aliphatic carbocycles. The number of carbonyl (C=O) groups excluding carboxylic acids is 1. The predicted octanol–water partition coefficient (Wildman–Crippen LogP) is 2.96. The second-order valence-corrected chi connectivity index (χ2v) is 5.19. The molecule has 0 saturated carbocycles. The van der Waals surface area contributed by atoms with Crippen molar-refractivity contribution in [1.82, 2.24) is 4.90 Å². The maximum Gasteiger partial charge on any atom is 0.321 e. The number of hydrogen-bond acceptors (Lipinski definition) is 3. The first-order valence-corrected chi connectivity index (χ1v) is 6.58. The van der Waals surface area contributed by atoms with E-state index in [1.165, 1.54) is 0 Å². The minimum absolute atomic E-state index is 0.104. The molecule has 0 saturated heterocycles. The molecule has 2 aromatic rings. The zero-order chi connectivity index (χ0) is 14.3. The molecule has 0 bridgehead atoms. The summed E-state index contributed by atoms with van der Waals surface area (Å²) in [5.74, 6) is 0.614. The minimum Gasteiger partial charge on any atom is -0.448 e. The highest BCUT2D eigenvalue weighted by atomic mass is 35.5. The monoisotopic (exact) mass is 291 g/mol. The van der Waals surface area contributed by atoms with Gasteiger partial charge in [0.1, 0.15) is 5.76 Å². The zero-order valence-electron chi connectivity index (χ0n) is 10.9. The lowest BCUT2D eigenvalue weighted by molar-refractivity contribution is 0.218. The van der Waals surface area contributed by atoms with Gasteiger partial charge in [0, 0.05) is 19.3 Å². The van der Waals surface area contributed by atoms with Crippen molar-refractivity contribution in [2.75, 3.05) is 12.4 Å². The van der Waals surface area contributed by atoms with Crippen LogP contribution < -0.4 is 11.1 Å². The van der Waals surface area contributed by atoms with E-state index >= 15 is 0 Å². The van der Waals surface area contributed by atoms with Gasteiger partial charge in [-0.25, -0.2) is 4.79 Å². The van der Waals surface area contributed by atoms with E-state index in [4.69, 9.17) is 21.8 Å². The average molecular weight is 292 g/mol. The maximum atomic E-state index is 11.6. The molecule has 0 fully saturated rings. The third kappa shape index (κ3) is 2.26. The lowest BCUT2D eigenvalue weighted by atomic mass is 10.0. The molecule has 1 aromatic carbocycles. The quantitative estimate of drug-likeness (QED) is 0.893. The van der Waals surface area contributed by atoms with Gasteiger partial charge in [0.2, 0.25) is 0 Å². The molecule has 0 radical (unpaired) electrons. The molecule has 2 amide bonds. The van der Waals surface area contributed by atoms with E-state index in [1.54, 1.807) is 24.1 Å². The summed E-state index contributed by atoms with van der Waals surface area (Å²) in [6.45, 7) is 0.556. The maximum absolute atomic E-state index is 11.6. The molecule has 1 unspecified atom stereocenters. The fraction of sp³-hybridized carbons (Fsp3) is 0.214. The SMILES string of the molecule is CN1Cc2cc(C(N)c3ccc(Cl)o3)ccc2NC1=O. The van der Waals surface area contributed by atoms with Gasteiger partial charge < -0.3 is 20.4 Å². The minimum atomic E-state index is -0.379. The third-order valence-electron chi connectivity index (χ3n) is 3.38. The molecular weight excluding hydrogens is 278 g/mol. The van der Waals surface area contributed by atoms with Crippen LogP contribution in [0.5, 0.6) is 0 Å². The van der Waals surface area contributed by atoms with Crippen LogP contribution >= 0.6 is 11.6 Å². The Bertz CT molecular complexity index is 668. The van der Waals surface area contributed by atoms with Crippen molar-refractivity contribution in [3.05, 3.63) is 52.4 Å². The van der Waals surface area contributed by atoms with Crippen LogP contribution in [0.1, 0.15) is 22.9 Å². The first kappa shape index (κ1) is 13.0. The Morgan fingerprint density at radius 1 is 1.40 bits per heavy atom. The smallest absolute Gasteiger partial charge is 0.321 e. The Morgan fingerprint density at radius 2 is 2.20 bits per heavy atom. The van der Waals surface area contributed by atoms with E-state index in [2.05, 4.69) is 5.32 Å². The van der Waals surface area contributed by atoms with E-state index in [-0.39, 0.29) is 12.1 Å². The van der Waals surface area contributed by atoms with E-state index in [9.17, 15) is 4.79 Å². The molecule has 104 valence electrons. The topological polar surface area (TPSA) is 71.5 Å². The van der Waals surface area contributed by atoms with E-state index in [1.807, 2.05) is 18.2 Å².